The molecule has 0 saturated heterocycles. The van der Waals surface area contributed by atoms with E-state index in [0.29, 0.717) is 18.6 Å². The van der Waals surface area contributed by atoms with Crippen molar-refractivity contribution >= 4 is 16.9 Å². The molecule has 158 valence electrons. The Morgan fingerprint density at radius 2 is 1.42 bits per heavy atom. The standard InChI is InChI=1S/C26H28N4O/c1-18-8-12-20(13-9-18)16-24(25(31)28-3)30-23-7-5-4-6-22(23)29(26(30)27)17-21-14-10-19(2)11-15-21/h4-15,24,27H,16-17H2,1-3H3,(H,28,31). The van der Waals surface area contributed by atoms with Crippen molar-refractivity contribution in [3.63, 3.8) is 0 Å². The average Bonchev–Trinajstić information content (AvgIpc) is 3.06. The molecule has 2 N–H and O–H groups in total. The van der Waals surface area contributed by atoms with Gasteiger partial charge < -0.3 is 9.88 Å². The Bertz CT molecular complexity index is 1260. The summed E-state index contributed by atoms with van der Waals surface area (Å²) in [6.07, 6.45) is 0.523. The number of nitrogens with zero attached hydrogens (tertiary/aromatic N) is 2. The van der Waals surface area contributed by atoms with Gasteiger partial charge in [0, 0.05) is 13.5 Å². The van der Waals surface area contributed by atoms with Gasteiger partial charge in [-0.1, -0.05) is 71.8 Å². The minimum absolute atomic E-state index is 0.0997. The topological polar surface area (TPSA) is 62.8 Å². The molecule has 0 aliphatic rings. The molecule has 0 fully saturated rings. The highest BCUT2D eigenvalue weighted by atomic mass is 16.2. The van der Waals surface area contributed by atoms with Crippen molar-refractivity contribution < 1.29 is 4.79 Å². The van der Waals surface area contributed by atoms with Gasteiger partial charge in [0.25, 0.3) is 0 Å². The van der Waals surface area contributed by atoms with E-state index in [1.165, 1.54) is 11.1 Å². The lowest BCUT2D eigenvalue weighted by Gasteiger charge is -2.18. The lowest BCUT2D eigenvalue weighted by atomic mass is 10.0. The summed E-state index contributed by atoms with van der Waals surface area (Å²) in [6, 6.07) is 24.0. The Balaban J connectivity index is 1.83. The van der Waals surface area contributed by atoms with Crippen LogP contribution in [0.3, 0.4) is 0 Å². The number of fused-ring (bicyclic) bond motifs is 1. The summed E-state index contributed by atoms with van der Waals surface area (Å²) in [5, 5.41) is 11.8. The third-order valence-electron chi connectivity index (χ3n) is 5.79. The Hall–Kier alpha value is -3.60. The number of carbonyl (C=O) groups is 1. The molecule has 5 nitrogen and oxygen atoms in total. The zero-order valence-corrected chi connectivity index (χ0v) is 18.2. The van der Waals surface area contributed by atoms with E-state index in [9.17, 15) is 4.79 Å². The number of aryl methyl sites for hydroxylation is 2. The Morgan fingerprint density at radius 1 is 0.871 bits per heavy atom. The molecule has 3 aromatic carbocycles. The zero-order valence-electron chi connectivity index (χ0n) is 18.2. The van der Waals surface area contributed by atoms with E-state index in [4.69, 9.17) is 5.41 Å². The maximum Gasteiger partial charge on any atom is 0.243 e. The highest BCUT2D eigenvalue weighted by Gasteiger charge is 2.24. The van der Waals surface area contributed by atoms with E-state index in [2.05, 4.69) is 67.7 Å². The van der Waals surface area contributed by atoms with E-state index in [0.717, 1.165) is 22.2 Å². The van der Waals surface area contributed by atoms with Crippen molar-refractivity contribution in [2.45, 2.75) is 32.9 Å². The van der Waals surface area contributed by atoms with Crippen molar-refractivity contribution in [1.82, 2.24) is 14.5 Å². The molecule has 31 heavy (non-hydrogen) atoms. The first-order chi connectivity index (χ1) is 15.0. The molecule has 1 unspecified atom stereocenters. The van der Waals surface area contributed by atoms with Gasteiger partial charge in [-0.3, -0.25) is 14.8 Å². The maximum absolute atomic E-state index is 13.0. The number of para-hydroxylation sites is 2. The van der Waals surface area contributed by atoms with Gasteiger partial charge in [-0.05, 0) is 37.1 Å². The first-order valence-electron chi connectivity index (χ1n) is 10.5. The lowest BCUT2D eigenvalue weighted by Crippen LogP contribution is -2.37. The zero-order chi connectivity index (χ0) is 22.0. The first-order valence-corrected chi connectivity index (χ1v) is 10.5. The van der Waals surface area contributed by atoms with Gasteiger partial charge in [0.1, 0.15) is 6.04 Å². The molecule has 1 atom stereocenters. The van der Waals surface area contributed by atoms with Gasteiger partial charge in [0.05, 0.1) is 17.6 Å². The molecule has 0 aliphatic heterocycles. The highest BCUT2D eigenvalue weighted by Crippen LogP contribution is 2.22. The van der Waals surface area contributed by atoms with Gasteiger partial charge in [0.2, 0.25) is 11.5 Å². The molecule has 1 aromatic heterocycles. The monoisotopic (exact) mass is 412 g/mol. The molecule has 0 saturated carbocycles. The normalized spacial score (nSPS) is 12.1. The van der Waals surface area contributed by atoms with Crippen LogP contribution in [0.5, 0.6) is 0 Å². The Morgan fingerprint density at radius 3 is 2.00 bits per heavy atom. The fourth-order valence-corrected chi connectivity index (χ4v) is 4.02. The number of hydrogen-bond donors (Lipinski definition) is 2. The van der Waals surface area contributed by atoms with Crippen LogP contribution in [-0.4, -0.2) is 22.1 Å². The molecule has 0 spiro atoms. The largest absolute Gasteiger partial charge is 0.357 e. The predicted octanol–water partition coefficient (Wildman–Crippen LogP) is 4.12. The molecule has 5 heteroatoms. The van der Waals surface area contributed by atoms with Gasteiger partial charge in [-0.2, -0.15) is 0 Å². The van der Waals surface area contributed by atoms with E-state index >= 15 is 0 Å². The van der Waals surface area contributed by atoms with Crippen LogP contribution in [0, 0.1) is 19.3 Å². The van der Waals surface area contributed by atoms with Crippen LogP contribution in [0.15, 0.2) is 72.8 Å². The number of carbonyl (C=O) groups excluding carboxylic acids is 1. The quantitative estimate of drug-likeness (QED) is 0.492. The molecule has 1 amide bonds. The molecule has 4 rings (SSSR count). The molecular formula is C26H28N4O. The number of likely N-dealkylation sites (N-methyl/N-ethyl adjacent to an activating group) is 1. The summed E-state index contributed by atoms with van der Waals surface area (Å²) >= 11 is 0. The Kier molecular flexibility index (Phi) is 5.76. The van der Waals surface area contributed by atoms with Crippen LogP contribution in [-0.2, 0) is 17.8 Å². The molecule has 4 aromatic rings. The summed E-state index contributed by atoms with van der Waals surface area (Å²) in [5.74, 6) is -0.0997. The van der Waals surface area contributed by atoms with E-state index in [-0.39, 0.29) is 5.91 Å². The van der Waals surface area contributed by atoms with Crippen molar-refractivity contribution in [3.8, 4) is 0 Å². The number of benzene rings is 3. The number of rotatable bonds is 6. The highest BCUT2D eigenvalue weighted by molar-refractivity contribution is 5.84. The van der Waals surface area contributed by atoms with E-state index in [1.807, 2.05) is 33.4 Å². The summed E-state index contributed by atoms with van der Waals surface area (Å²) in [5.41, 5.74) is 6.75. The van der Waals surface area contributed by atoms with E-state index in [1.54, 1.807) is 7.05 Å². The van der Waals surface area contributed by atoms with E-state index < -0.39 is 6.04 Å². The second-order valence-electron chi connectivity index (χ2n) is 8.07. The lowest BCUT2D eigenvalue weighted by molar-refractivity contribution is -0.123. The SMILES string of the molecule is CNC(=O)C(Cc1ccc(C)cc1)n1c(=N)n(Cc2ccc(C)cc2)c2ccccc21. The first kappa shape index (κ1) is 20.7. The van der Waals surface area contributed by atoms with Crippen LogP contribution >= 0.6 is 0 Å². The summed E-state index contributed by atoms with van der Waals surface area (Å²) in [7, 11) is 1.65. The predicted molar refractivity (Wildman–Crippen MR) is 124 cm³/mol. The summed E-state index contributed by atoms with van der Waals surface area (Å²) < 4.78 is 3.84. The fourth-order valence-electron chi connectivity index (χ4n) is 4.02. The second kappa shape index (κ2) is 8.64. The van der Waals surface area contributed by atoms with Crippen LogP contribution in [0.1, 0.15) is 28.3 Å². The van der Waals surface area contributed by atoms with Crippen LogP contribution in [0.4, 0.5) is 0 Å². The molecule has 1 heterocycles. The van der Waals surface area contributed by atoms with Gasteiger partial charge >= 0.3 is 0 Å². The summed E-state index contributed by atoms with van der Waals surface area (Å²) in [6.45, 7) is 4.70. The average molecular weight is 413 g/mol. The van der Waals surface area contributed by atoms with Crippen LogP contribution < -0.4 is 10.9 Å². The van der Waals surface area contributed by atoms with Crippen molar-refractivity contribution in [1.29, 1.82) is 5.41 Å². The molecule has 0 bridgehead atoms. The maximum atomic E-state index is 13.0. The van der Waals surface area contributed by atoms with Gasteiger partial charge in [-0.25, -0.2) is 0 Å². The van der Waals surface area contributed by atoms with Crippen LogP contribution in [0.2, 0.25) is 0 Å². The number of hydrogen-bond acceptors (Lipinski definition) is 2. The molecular weight excluding hydrogens is 384 g/mol. The summed E-state index contributed by atoms with van der Waals surface area (Å²) in [4.78, 5) is 13.0. The van der Waals surface area contributed by atoms with Crippen molar-refractivity contribution in [2.24, 2.45) is 0 Å². The van der Waals surface area contributed by atoms with Gasteiger partial charge in [0.15, 0.2) is 0 Å². The van der Waals surface area contributed by atoms with Gasteiger partial charge in [-0.15, -0.1) is 0 Å². The molecule has 0 aliphatic carbocycles. The van der Waals surface area contributed by atoms with Crippen molar-refractivity contribution in [3.05, 3.63) is 101 Å². The third-order valence-corrected chi connectivity index (χ3v) is 5.79. The smallest absolute Gasteiger partial charge is 0.243 e. The number of nitrogens with one attached hydrogen (secondary N) is 2. The number of imidazole rings is 1. The second-order valence-corrected chi connectivity index (χ2v) is 8.07. The Labute approximate surface area is 182 Å². The van der Waals surface area contributed by atoms with Crippen molar-refractivity contribution in [2.75, 3.05) is 7.05 Å². The molecule has 0 radical (unpaired) electrons. The minimum atomic E-state index is -0.510. The minimum Gasteiger partial charge on any atom is -0.357 e. The third kappa shape index (κ3) is 4.17. The van der Waals surface area contributed by atoms with Crippen LogP contribution in [0.25, 0.3) is 11.0 Å². The number of aromatic nitrogens is 2. The number of amides is 1. The fraction of sp³-hybridized carbons (Fsp3) is 0.231.